The number of hydrogen-bond acceptors (Lipinski definition) is 3. The fraction of sp³-hybridized carbons (Fsp3) is 0.462. The van der Waals surface area contributed by atoms with Crippen LogP contribution in [-0.2, 0) is 0 Å². The summed E-state index contributed by atoms with van der Waals surface area (Å²) in [6.45, 7) is 0.911. The molecular formula is C13H18N2O2. The van der Waals surface area contributed by atoms with Crippen LogP contribution >= 0.6 is 0 Å². The topological polar surface area (TPSA) is 45.5 Å². The molecule has 0 saturated carbocycles. The Bertz CT molecular complexity index is 418. The molecular weight excluding hydrogens is 216 g/mol. The van der Waals surface area contributed by atoms with E-state index in [9.17, 15) is 0 Å². The normalized spacial score (nSPS) is 15.9. The molecule has 1 aliphatic heterocycles. The molecule has 0 unspecified atom stereocenters. The summed E-state index contributed by atoms with van der Waals surface area (Å²) in [4.78, 5) is 2.03. The molecule has 92 valence electrons. The van der Waals surface area contributed by atoms with E-state index in [1.807, 2.05) is 23.1 Å². The molecule has 2 rings (SSSR count). The summed E-state index contributed by atoms with van der Waals surface area (Å²) >= 11 is 0. The largest absolute Gasteiger partial charge is 0.493 e. The summed E-state index contributed by atoms with van der Waals surface area (Å²) < 4.78 is 10.5. The first-order valence-corrected chi connectivity index (χ1v) is 5.83. The van der Waals surface area contributed by atoms with Crippen molar-refractivity contribution in [1.82, 2.24) is 0 Å². The molecule has 1 aromatic carbocycles. The van der Waals surface area contributed by atoms with Gasteiger partial charge in [-0.3, -0.25) is 5.41 Å². The zero-order valence-corrected chi connectivity index (χ0v) is 10.3. The van der Waals surface area contributed by atoms with Gasteiger partial charge in [0.15, 0.2) is 11.5 Å². The van der Waals surface area contributed by atoms with Gasteiger partial charge in [-0.05, 0) is 25.0 Å². The summed E-state index contributed by atoms with van der Waals surface area (Å²) in [5, 5.41) is 7.96. The van der Waals surface area contributed by atoms with Crippen LogP contribution in [-0.4, -0.2) is 26.6 Å². The van der Waals surface area contributed by atoms with Crippen molar-refractivity contribution in [2.75, 3.05) is 25.7 Å². The summed E-state index contributed by atoms with van der Waals surface area (Å²) in [5.74, 6) is 2.12. The maximum absolute atomic E-state index is 7.96. The molecule has 0 radical (unpaired) electrons. The second kappa shape index (κ2) is 5.08. The van der Waals surface area contributed by atoms with Gasteiger partial charge in [-0.15, -0.1) is 0 Å². The van der Waals surface area contributed by atoms with Gasteiger partial charge >= 0.3 is 0 Å². The number of nitrogens with zero attached hydrogens (tertiary/aromatic N) is 1. The van der Waals surface area contributed by atoms with Gasteiger partial charge in [0.2, 0.25) is 0 Å². The smallest absolute Gasteiger partial charge is 0.162 e. The number of amidine groups is 1. The third-order valence-electron chi connectivity index (χ3n) is 3.05. The Hall–Kier alpha value is -1.71. The third kappa shape index (κ3) is 2.35. The van der Waals surface area contributed by atoms with Crippen molar-refractivity contribution in [1.29, 1.82) is 5.41 Å². The second-order valence-electron chi connectivity index (χ2n) is 4.09. The molecule has 1 saturated heterocycles. The highest BCUT2D eigenvalue weighted by Crippen LogP contribution is 2.32. The van der Waals surface area contributed by atoms with Gasteiger partial charge in [0.25, 0.3) is 0 Å². The van der Waals surface area contributed by atoms with Crippen LogP contribution in [0.2, 0.25) is 0 Å². The van der Waals surface area contributed by atoms with Crippen LogP contribution in [0.4, 0.5) is 5.69 Å². The van der Waals surface area contributed by atoms with Gasteiger partial charge in [-0.25, -0.2) is 0 Å². The average Bonchev–Trinajstić information content (AvgIpc) is 2.38. The van der Waals surface area contributed by atoms with E-state index in [0.717, 1.165) is 37.2 Å². The van der Waals surface area contributed by atoms with Gasteiger partial charge in [-0.2, -0.15) is 0 Å². The highest BCUT2D eigenvalue weighted by molar-refractivity contribution is 5.96. The lowest BCUT2D eigenvalue weighted by molar-refractivity contribution is 0.355. The van der Waals surface area contributed by atoms with E-state index in [-0.39, 0.29) is 0 Å². The van der Waals surface area contributed by atoms with E-state index >= 15 is 0 Å². The Labute approximate surface area is 102 Å². The first-order valence-electron chi connectivity index (χ1n) is 5.83. The van der Waals surface area contributed by atoms with E-state index in [2.05, 4.69) is 0 Å². The fourth-order valence-corrected chi connectivity index (χ4v) is 2.11. The number of nitrogens with one attached hydrogen (secondary N) is 1. The molecule has 1 aliphatic rings. The molecule has 4 nitrogen and oxygen atoms in total. The van der Waals surface area contributed by atoms with Gasteiger partial charge in [-0.1, -0.05) is 0 Å². The number of hydrogen-bond donors (Lipinski definition) is 1. The first-order chi connectivity index (χ1) is 8.26. The van der Waals surface area contributed by atoms with Crippen LogP contribution in [0.5, 0.6) is 11.5 Å². The number of ether oxygens (including phenoxy) is 2. The van der Waals surface area contributed by atoms with Crippen molar-refractivity contribution in [2.45, 2.75) is 19.3 Å². The minimum absolute atomic E-state index is 0.684. The molecule has 1 N–H and O–H groups in total. The highest BCUT2D eigenvalue weighted by atomic mass is 16.5. The van der Waals surface area contributed by atoms with Gasteiger partial charge in [0.05, 0.1) is 14.2 Å². The van der Waals surface area contributed by atoms with Crippen molar-refractivity contribution in [3.8, 4) is 11.5 Å². The second-order valence-corrected chi connectivity index (χ2v) is 4.09. The molecule has 0 amide bonds. The van der Waals surface area contributed by atoms with Gasteiger partial charge < -0.3 is 14.4 Å². The van der Waals surface area contributed by atoms with Crippen LogP contribution in [0.3, 0.4) is 0 Å². The molecule has 0 spiro atoms. The number of anilines is 1. The van der Waals surface area contributed by atoms with Crippen molar-refractivity contribution < 1.29 is 9.47 Å². The SMILES string of the molecule is COc1ccc(N2CCCCC2=N)cc1OC. The fourth-order valence-electron chi connectivity index (χ4n) is 2.11. The lowest BCUT2D eigenvalue weighted by Gasteiger charge is -2.29. The minimum Gasteiger partial charge on any atom is -0.493 e. The van der Waals surface area contributed by atoms with Crippen molar-refractivity contribution in [2.24, 2.45) is 0 Å². The van der Waals surface area contributed by atoms with Crippen LogP contribution in [0.15, 0.2) is 18.2 Å². The van der Waals surface area contributed by atoms with E-state index in [1.54, 1.807) is 14.2 Å². The Balaban J connectivity index is 2.29. The Morgan fingerprint density at radius 1 is 1.12 bits per heavy atom. The molecule has 0 bridgehead atoms. The Morgan fingerprint density at radius 3 is 2.53 bits per heavy atom. The summed E-state index contributed by atoms with van der Waals surface area (Å²) in [6.07, 6.45) is 3.10. The number of methoxy groups -OCH3 is 2. The summed E-state index contributed by atoms with van der Waals surface area (Å²) in [5.41, 5.74) is 1.01. The molecule has 0 aromatic heterocycles. The number of rotatable bonds is 3. The first kappa shape index (κ1) is 11.8. The minimum atomic E-state index is 0.684. The van der Waals surface area contributed by atoms with Crippen molar-refractivity contribution in [3.63, 3.8) is 0 Å². The zero-order chi connectivity index (χ0) is 12.3. The van der Waals surface area contributed by atoms with Crippen molar-refractivity contribution >= 4 is 11.5 Å². The predicted octanol–water partition coefficient (Wildman–Crippen LogP) is 2.67. The predicted molar refractivity (Wildman–Crippen MR) is 68.5 cm³/mol. The van der Waals surface area contributed by atoms with E-state index in [1.165, 1.54) is 0 Å². The molecule has 4 heteroatoms. The molecule has 1 fully saturated rings. The van der Waals surface area contributed by atoms with E-state index in [4.69, 9.17) is 14.9 Å². The summed E-state index contributed by atoms with van der Waals surface area (Å²) in [7, 11) is 3.25. The third-order valence-corrected chi connectivity index (χ3v) is 3.05. The Morgan fingerprint density at radius 2 is 1.88 bits per heavy atom. The van der Waals surface area contributed by atoms with Crippen LogP contribution in [0.25, 0.3) is 0 Å². The van der Waals surface area contributed by atoms with Gasteiger partial charge in [0.1, 0.15) is 5.84 Å². The lowest BCUT2D eigenvalue weighted by Crippen LogP contribution is -2.34. The van der Waals surface area contributed by atoms with Crippen LogP contribution in [0, 0.1) is 5.41 Å². The van der Waals surface area contributed by atoms with Crippen LogP contribution < -0.4 is 14.4 Å². The van der Waals surface area contributed by atoms with Gasteiger partial charge in [0, 0.05) is 24.7 Å². The van der Waals surface area contributed by atoms with E-state index in [0.29, 0.717) is 11.6 Å². The molecule has 1 heterocycles. The average molecular weight is 234 g/mol. The summed E-state index contributed by atoms with van der Waals surface area (Å²) in [6, 6.07) is 5.79. The zero-order valence-electron chi connectivity index (χ0n) is 10.3. The quantitative estimate of drug-likeness (QED) is 0.874. The molecule has 1 aromatic rings. The van der Waals surface area contributed by atoms with Crippen molar-refractivity contribution in [3.05, 3.63) is 18.2 Å². The highest BCUT2D eigenvalue weighted by Gasteiger charge is 2.17. The number of piperidine rings is 1. The lowest BCUT2D eigenvalue weighted by atomic mass is 10.1. The van der Waals surface area contributed by atoms with Crippen LogP contribution in [0.1, 0.15) is 19.3 Å². The molecule has 0 atom stereocenters. The molecule has 0 aliphatic carbocycles. The standard InChI is InChI=1S/C13H18N2O2/c1-16-11-7-6-10(9-12(11)17-2)15-8-4-3-5-13(15)14/h6-7,9,14H,3-5,8H2,1-2H3. The maximum Gasteiger partial charge on any atom is 0.162 e. The van der Waals surface area contributed by atoms with E-state index < -0.39 is 0 Å². The Kier molecular flexibility index (Phi) is 3.52. The number of benzene rings is 1. The molecule has 17 heavy (non-hydrogen) atoms. The maximum atomic E-state index is 7.96. The monoisotopic (exact) mass is 234 g/mol.